The summed E-state index contributed by atoms with van der Waals surface area (Å²) in [5.41, 5.74) is 1.33. The van der Waals surface area contributed by atoms with Gasteiger partial charge in [-0.05, 0) is 51.6 Å². The molecule has 0 unspecified atom stereocenters. The molecule has 9 heavy (non-hydrogen) atoms. The fourth-order valence-corrected chi connectivity index (χ4v) is 0.810. The van der Waals surface area contributed by atoms with Crippen molar-refractivity contribution in [2.45, 2.75) is 19.8 Å². The fourth-order valence-electron chi connectivity index (χ4n) is 0.413. The summed E-state index contributed by atoms with van der Waals surface area (Å²) < 4.78 is 1.07. The second-order valence-electron chi connectivity index (χ2n) is 1.87. The SMILES string of the molecule is C=CCCC(C)=C(Br)Br. The van der Waals surface area contributed by atoms with E-state index in [2.05, 4.69) is 45.4 Å². The lowest BCUT2D eigenvalue weighted by Crippen LogP contribution is -1.74. The van der Waals surface area contributed by atoms with Crippen LogP contribution in [0.5, 0.6) is 0 Å². The van der Waals surface area contributed by atoms with Crippen molar-refractivity contribution in [3.05, 3.63) is 21.6 Å². The number of allylic oxidation sites excluding steroid dienone is 2. The van der Waals surface area contributed by atoms with E-state index in [4.69, 9.17) is 0 Å². The van der Waals surface area contributed by atoms with Gasteiger partial charge in [0.15, 0.2) is 0 Å². The molecule has 0 aliphatic heterocycles. The lowest BCUT2D eigenvalue weighted by atomic mass is 10.2. The Labute approximate surface area is 73.3 Å². The van der Waals surface area contributed by atoms with Crippen molar-refractivity contribution in [2.75, 3.05) is 0 Å². The topological polar surface area (TPSA) is 0 Å². The van der Waals surface area contributed by atoms with Crippen LogP contribution in [-0.4, -0.2) is 0 Å². The van der Waals surface area contributed by atoms with Gasteiger partial charge in [-0.15, -0.1) is 6.58 Å². The third kappa shape index (κ3) is 4.91. The first-order valence-electron chi connectivity index (χ1n) is 2.80. The first kappa shape index (κ1) is 9.44. The molecule has 0 aliphatic rings. The van der Waals surface area contributed by atoms with Gasteiger partial charge < -0.3 is 0 Å². The third-order valence-corrected chi connectivity index (χ3v) is 2.40. The Hall–Kier alpha value is 0.440. The maximum atomic E-state index is 3.64. The summed E-state index contributed by atoms with van der Waals surface area (Å²) in [6, 6.07) is 0. The molecule has 52 valence electrons. The van der Waals surface area contributed by atoms with Gasteiger partial charge >= 0.3 is 0 Å². The van der Waals surface area contributed by atoms with Crippen molar-refractivity contribution < 1.29 is 0 Å². The summed E-state index contributed by atoms with van der Waals surface area (Å²) in [5.74, 6) is 0. The van der Waals surface area contributed by atoms with Crippen LogP contribution in [-0.2, 0) is 0 Å². The van der Waals surface area contributed by atoms with Gasteiger partial charge in [-0.1, -0.05) is 11.6 Å². The highest BCUT2D eigenvalue weighted by molar-refractivity contribution is 9.28. The average Bonchev–Trinajstić information content (AvgIpc) is 1.82. The van der Waals surface area contributed by atoms with Crippen LogP contribution < -0.4 is 0 Å². The van der Waals surface area contributed by atoms with Crippen LogP contribution in [0.3, 0.4) is 0 Å². The monoisotopic (exact) mass is 252 g/mol. The second kappa shape index (κ2) is 5.24. The first-order valence-corrected chi connectivity index (χ1v) is 4.38. The standard InChI is InChI=1S/C7H10Br2/c1-3-4-5-6(2)7(8)9/h3H,1,4-5H2,2H3. The average molecular weight is 254 g/mol. The Morgan fingerprint density at radius 1 is 1.56 bits per heavy atom. The highest BCUT2D eigenvalue weighted by atomic mass is 79.9. The molecule has 0 saturated heterocycles. The molecule has 0 spiro atoms. The van der Waals surface area contributed by atoms with Gasteiger partial charge in [-0.3, -0.25) is 0 Å². The summed E-state index contributed by atoms with van der Waals surface area (Å²) in [6.07, 6.45) is 4.05. The van der Waals surface area contributed by atoms with Crippen molar-refractivity contribution in [3.63, 3.8) is 0 Å². The summed E-state index contributed by atoms with van der Waals surface area (Å²) in [5, 5.41) is 0. The van der Waals surface area contributed by atoms with Gasteiger partial charge in [0, 0.05) is 0 Å². The van der Waals surface area contributed by atoms with E-state index in [0.717, 1.165) is 16.2 Å². The van der Waals surface area contributed by atoms with E-state index in [1.165, 1.54) is 5.57 Å². The molecule has 0 radical (unpaired) electrons. The van der Waals surface area contributed by atoms with Crippen LogP contribution in [0, 0.1) is 0 Å². The van der Waals surface area contributed by atoms with Gasteiger partial charge in [0.05, 0.1) is 3.39 Å². The van der Waals surface area contributed by atoms with E-state index >= 15 is 0 Å². The molecule has 0 aromatic heterocycles. The number of hydrogen-bond donors (Lipinski definition) is 0. The minimum atomic E-state index is 1.05. The van der Waals surface area contributed by atoms with Crippen molar-refractivity contribution >= 4 is 31.9 Å². The summed E-state index contributed by atoms with van der Waals surface area (Å²) in [6.45, 7) is 5.72. The van der Waals surface area contributed by atoms with E-state index in [1.54, 1.807) is 0 Å². The van der Waals surface area contributed by atoms with Gasteiger partial charge in [0.25, 0.3) is 0 Å². The maximum Gasteiger partial charge on any atom is 0.0593 e. The molecule has 0 heterocycles. The Morgan fingerprint density at radius 2 is 2.11 bits per heavy atom. The Balaban J connectivity index is 3.62. The zero-order valence-corrected chi connectivity index (χ0v) is 8.63. The molecule has 0 aliphatic carbocycles. The van der Waals surface area contributed by atoms with Crippen LogP contribution in [0.2, 0.25) is 0 Å². The third-order valence-electron chi connectivity index (χ3n) is 1.05. The smallest absolute Gasteiger partial charge is 0.0593 e. The molecule has 0 aromatic carbocycles. The quantitative estimate of drug-likeness (QED) is 0.668. The summed E-state index contributed by atoms with van der Waals surface area (Å²) in [4.78, 5) is 0. The highest BCUT2D eigenvalue weighted by Gasteiger charge is 1.91. The van der Waals surface area contributed by atoms with E-state index in [-0.39, 0.29) is 0 Å². The van der Waals surface area contributed by atoms with Gasteiger partial charge in [-0.2, -0.15) is 0 Å². The zero-order valence-electron chi connectivity index (χ0n) is 5.45. The molecule has 2 heteroatoms. The molecule has 0 nitrogen and oxygen atoms in total. The molecule has 0 bridgehead atoms. The van der Waals surface area contributed by atoms with Gasteiger partial charge in [0.2, 0.25) is 0 Å². The van der Waals surface area contributed by atoms with Crippen molar-refractivity contribution in [1.29, 1.82) is 0 Å². The normalized spacial score (nSPS) is 8.78. The predicted octanol–water partition coefficient (Wildman–Crippen LogP) is 3.97. The largest absolute Gasteiger partial charge is 0.103 e. The molecule has 0 fully saturated rings. The molecular weight excluding hydrogens is 244 g/mol. The fraction of sp³-hybridized carbons (Fsp3) is 0.429. The number of hydrogen-bond acceptors (Lipinski definition) is 0. The van der Waals surface area contributed by atoms with Crippen molar-refractivity contribution in [2.24, 2.45) is 0 Å². The lowest BCUT2D eigenvalue weighted by Gasteiger charge is -1.95. The zero-order chi connectivity index (χ0) is 7.28. The highest BCUT2D eigenvalue weighted by Crippen LogP contribution is 2.21. The Kier molecular flexibility index (Phi) is 5.50. The second-order valence-corrected chi connectivity index (χ2v) is 4.52. The molecule has 0 amide bonds. The number of halogens is 2. The minimum Gasteiger partial charge on any atom is -0.103 e. The molecule has 0 rings (SSSR count). The van der Waals surface area contributed by atoms with E-state index in [0.29, 0.717) is 0 Å². The predicted molar refractivity (Wildman–Crippen MR) is 50.0 cm³/mol. The lowest BCUT2D eigenvalue weighted by molar-refractivity contribution is 0.983. The van der Waals surface area contributed by atoms with Crippen molar-refractivity contribution in [3.8, 4) is 0 Å². The van der Waals surface area contributed by atoms with E-state index in [9.17, 15) is 0 Å². The molecule has 0 atom stereocenters. The summed E-state index contributed by atoms with van der Waals surface area (Å²) >= 11 is 6.66. The molecule has 0 saturated carbocycles. The van der Waals surface area contributed by atoms with Crippen molar-refractivity contribution in [1.82, 2.24) is 0 Å². The van der Waals surface area contributed by atoms with Crippen LogP contribution in [0.15, 0.2) is 21.6 Å². The van der Waals surface area contributed by atoms with E-state index < -0.39 is 0 Å². The molecule has 0 aromatic rings. The summed E-state index contributed by atoms with van der Waals surface area (Å²) in [7, 11) is 0. The Morgan fingerprint density at radius 3 is 2.44 bits per heavy atom. The molecule has 0 N–H and O–H groups in total. The maximum absolute atomic E-state index is 3.64. The van der Waals surface area contributed by atoms with E-state index in [1.807, 2.05) is 6.08 Å². The van der Waals surface area contributed by atoms with Crippen LogP contribution in [0.4, 0.5) is 0 Å². The first-order chi connectivity index (χ1) is 4.18. The number of rotatable bonds is 3. The van der Waals surface area contributed by atoms with Gasteiger partial charge in [0.1, 0.15) is 0 Å². The van der Waals surface area contributed by atoms with Crippen LogP contribution in [0.25, 0.3) is 0 Å². The van der Waals surface area contributed by atoms with Crippen LogP contribution in [0.1, 0.15) is 19.8 Å². The van der Waals surface area contributed by atoms with Gasteiger partial charge in [-0.25, -0.2) is 0 Å². The minimum absolute atomic E-state index is 1.05. The van der Waals surface area contributed by atoms with Crippen LogP contribution >= 0.6 is 31.9 Å². The molecular formula is C7H10Br2. The Bertz CT molecular complexity index is 121.